The molecule has 3 heteroatoms. The SMILES string of the molecule is O=C1NCCCc2cc(Br)ccc21. The molecule has 68 valence electrons. The van der Waals surface area contributed by atoms with Gasteiger partial charge in [-0.15, -0.1) is 0 Å². The molecule has 0 atom stereocenters. The van der Waals surface area contributed by atoms with Crippen molar-refractivity contribution < 1.29 is 4.79 Å². The Morgan fingerprint density at radius 3 is 3.08 bits per heavy atom. The van der Waals surface area contributed by atoms with Crippen LogP contribution in [-0.2, 0) is 6.42 Å². The topological polar surface area (TPSA) is 29.1 Å². The average molecular weight is 240 g/mol. The molecule has 1 aliphatic rings. The predicted octanol–water partition coefficient (Wildman–Crippen LogP) is 2.13. The van der Waals surface area contributed by atoms with Crippen molar-refractivity contribution in [1.82, 2.24) is 5.32 Å². The number of carbonyl (C=O) groups excluding carboxylic acids is 1. The van der Waals surface area contributed by atoms with Crippen molar-refractivity contribution in [3.63, 3.8) is 0 Å². The molecule has 0 spiro atoms. The molecule has 1 aromatic rings. The van der Waals surface area contributed by atoms with Gasteiger partial charge in [0, 0.05) is 16.6 Å². The highest BCUT2D eigenvalue weighted by Crippen LogP contribution is 2.19. The normalized spacial score (nSPS) is 15.9. The molecule has 0 saturated carbocycles. The monoisotopic (exact) mass is 239 g/mol. The van der Waals surface area contributed by atoms with E-state index in [-0.39, 0.29) is 5.91 Å². The van der Waals surface area contributed by atoms with Crippen molar-refractivity contribution in [3.05, 3.63) is 33.8 Å². The molecule has 0 unspecified atom stereocenters. The molecule has 1 N–H and O–H groups in total. The minimum absolute atomic E-state index is 0.0556. The summed E-state index contributed by atoms with van der Waals surface area (Å²) in [5.41, 5.74) is 1.96. The second-order valence-corrected chi connectivity index (χ2v) is 4.08. The van der Waals surface area contributed by atoms with E-state index in [1.54, 1.807) is 0 Å². The van der Waals surface area contributed by atoms with Crippen LogP contribution in [0.3, 0.4) is 0 Å². The van der Waals surface area contributed by atoms with Crippen LogP contribution >= 0.6 is 15.9 Å². The maximum atomic E-state index is 11.5. The van der Waals surface area contributed by atoms with E-state index >= 15 is 0 Å². The summed E-state index contributed by atoms with van der Waals surface area (Å²) in [7, 11) is 0. The van der Waals surface area contributed by atoms with Crippen LogP contribution in [0.15, 0.2) is 22.7 Å². The fourth-order valence-electron chi connectivity index (χ4n) is 1.57. The predicted molar refractivity (Wildman–Crippen MR) is 54.8 cm³/mol. The lowest BCUT2D eigenvalue weighted by molar-refractivity contribution is 0.0956. The van der Waals surface area contributed by atoms with E-state index in [2.05, 4.69) is 21.2 Å². The van der Waals surface area contributed by atoms with E-state index < -0.39 is 0 Å². The molecule has 1 aliphatic heterocycles. The van der Waals surface area contributed by atoms with Gasteiger partial charge in [-0.2, -0.15) is 0 Å². The first-order chi connectivity index (χ1) is 6.27. The third-order valence-corrected chi connectivity index (χ3v) is 2.71. The molecule has 1 aromatic carbocycles. The number of benzene rings is 1. The third-order valence-electron chi connectivity index (χ3n) is 2.22. The zero-order valence-corrected chi connectivity index (χ0v) is 8.73. The summed E-state index contributed by atoms with van der Waals surface area (Å²) in [4.78, 5) is 11.5. The zero-order chi connectivity index (χ0) is 9.26. The molecule has 2 rings (SSSR count). The number of hydrogen-bond acceptors (Lipinski definition) is 1. The Bertz CT molecular complexity index is 349. The Hall–Kier alpha value is -0.830. The summed E-state index contributed by atoms with van der Waals surface area (Å²) >= 11 is 3.40. The van der Waals surface area contributed by atoms with Gasteiger partial charge in [0.25, 0.3) is 5.91 Å². The highest BCUT2D eigenvalue weighted by molar-refractivity contribution is 9.10. The summed E-state index contributed by atoms with van der Waals surface area (Å²) in [5.74, 6) is 0.0556. The van der Waals surface area contributed by atoms with Crippen molar-refractivity contribution in [2.75, 3.05) is 6.54 Å². The van der Waals surface area contributed by atoms with Crippen LogP contribution in [0, 0.1) is 0 Å². The number of aryl methyl sites for hydroxylation is 1. The quantitative estimate of drug-likeness (QED) is 0.739. The molecule has 13 heavy (non-hydrogen) atoms. The summed E-state index contributed by atoms with van der Waals surface area (Å²) < 4.78 is 1.04. The minimum atomic E-state index is 0.0556. The fraction of sp³-hybridized carbons (Fsp3) is 0.300. The van der Waals surface area contributed by atoms with Gasteiger partial charge < -0.3 is 5.32 Å². The summed E-state index contributed by atoms with van der Waals surface area (Å²) in [6, 6.07) is 5.81. The number of fused-ring (bicyclic) bond motifs is 1. The van der Waals surface area contributed by atoms with Gasteiger partial charge in [-0.3, -0.25) is 4.79 Å². The molecule has 0 saturated heterocycles. The van der Waals surface area contributed by atoms with E-state index in [1.807, 2.05) is 18.2 Å². The molecule has 0 fully saturated rings. The van der Waals surface area contributed by atoms with Crippen LogP contribution in [0.2, 0.25) is 0 Å². The molecule has 1 amide bonds. The first kappa shape index (κ1) is 8.75. The van der Waals surface area contributed by atoms with Crippen LogP contribution in [0.4, 0.5) is 0 Å². The number of hydrogen-bond donors (Lipinski definition) is 1. The number of amides is 1. The first-order valence-electron chi connectivity index (χ1n) is 4.34. The van der Waals surface area contributed by atoms with Crippen molar-refractivity contribution >= 4 is 21.8 Å². The van der Waals surface area contributed by atoms with Gasteiger partial charge in [0.2, 0.25) is 0 Å². The second-order valence-electron chi connectivity index (χ2n) is 3.16. The fourth-order valence-corrected chi connectivity index (χ4v) is 1.98. The molecule has 2 nitrogen and oxygen atoms in total. The van der Waals surface area contributed by atoms with Gasteiger partial charge in [-0.1, -0.05) is 15.9 Å². The van der Waals surface area contributed by atoms with Gasteiger partial charge in [-0.25, -0.2) is 0 Å². The molecular formula is C10H10BrNO. The Labute approximate surface area is 85.5 Å². The Balaban J connectivity index is 2.48. The first-order valence-corrected chi connectivity index (χ1v) is 5.13. The van der Waals surface area contributed by atoms with E-state index in [0.717, 1.165) is 35.0 Å². The van der Waals surface area contributed by atoms with Gasteiger partial charge in [0.05, 0.1) is 0 Å². The van der Waals surface area contributed by atoms with Crippen LogP contribution < -0.4 is 5.32 Å². The molecule has 1 heterocycles. The molecule has 0 radical (unpaired) electrons. The van der Waals surface area contributed by atoms with Crippen LogP contribution in [0.1, 0.15) is 22.3 Å². The minimum Gasteiger partial charge on any atom is -0.352 e. The highest BCUT2D eigenvalue weighted by atomic mass is 79.9. The zero-order valence-electron chi connectivity index (χ0n) is 7.14. The van der Waals surface area contributed by atoms with E-state index in [1.165, 1.54) is 0 Å². The number of halogens is 1. The summed E-state index contributed by atoms with van der Waals surface area (Å²) in [5, 5.41) is 2.87. The van der Waals surface area contributed by atoms with Crippen molar-refractivity contribution in [2.45, 2.75) is 12.8 Å². The average Bonchev–Trinajstić information content (AvgIpc) is 2.28. The molecule has 0 aliphatic carbocycles. The van der Waals surface area contributed by atoms with E-state index in [4.69, 9.17) is 0 Å². The Kier molecular flexibility index (Phi) is 2.36. The number of nitrogens with one attached hydrogen (secondary N) is 1. The highest BCUT2D eigenvalue weighted by Gasteiger charge is 2.14. The van der Waals surface area contributed by atoms with E-state index in [9.17, 15) is 4.79 Å². The van der Waals surface area contributed by atoms with Crippen LogP contribution in [0.5, 0.6) is 0 Å². The van der Waals surface area contributed by atoms with Crippen LogP contribution in [0.25, 0.3) is 0 Å². The lowest BCUT2D eigenvalue weighted by Crippen LogP contribution is -2.22. The molecule has 0 aromatic heterocycles. The van der Waals surface area contributed by atoms with Crippen molar-refractivity contribution in [2.24, 2.45) is 0 Å². The smallest absolute Gasteiger partial charge is 0.251 e. The van der Waals surface area contributed by atoms with E-state index in [0.29, 0.717) is 0 Å². The standard InChI is InChI=1S/C10H10BrNO/c11-8-3-4-9-7(6-8)2-1-5-12-10(9)13/h3-4,6H,1-2,5H2,(H,12,13). The Morgan fingerprint density at radius 2 is 2.23 bits per heavy atom. The van der Waals surface area contributed by atoms with Crippen LogP contribution in [-0.4, -0.2) is 12.5 Å². The molecule has 0 bridgehead atoms. The van der Waals surface area contributed by atoms with Gasteiger partial charge in [0.15, 0.2) is 0 Å². The summed E-state index contributed by atoms with van der Waals surface area (Å²) in [6.07, 6.45) is 2.00. The van der Waals surface area contributed by atoms with Crippen molar-refractivity contribution in [3.8, 4) is 0 Å². The Morgan fingerprint density at radius 1 is 1.38 bits per heavy atom. The lowest BCUT2D eigenvalue weighted by atomic mass is 10.0. The molecular weight excluding hydrogens is 230 g/mol. The third kappa shape index (κ3) is 1.75. The number of rotatable bonds is 0. The van der Waals surface area contributed by atoms with Gasteiger partial charge in [0.1, 0.15) is 0 Å². The maximum Gasteiger partial charge on any atom is 0.251 e. The number of carbonyl (C=O) groups is 1. The van der Waals surface area contributed by atoms with Gasteiger partial charge in [-0.05, 0) is 36.6 Å². The second kappa shape index (κ2) is 3.50. The largest absolute Gasteiger partial charge is 0.352 e. The van der Waals surface area contributed by atoms with Gasteiger partial charge >= 0.3 is 0 Å². The lowest BCUT2D eigenvalue weighted by Gasteiger charge is -2.03. The maximum absolute atomic E-state index is 11.5. The summed E-state index contributed by atoms with van der Waals surface area (Å²) in [6.45, 7) is 0.783. The van der Waals surface area contributed by atoms with Crippen molar-refractivity contribution in [1.29, 1.82) is 0 Å².